The van der Waals surface area contributed by atoms with Gasteiger partial charge in [-0.15, -0.1) is 0 Å². The van der Waals surface area contributed by atoms with Crippen molar-refractivity contribution in [3.05, 3.63) is 47.2 Å². The van der Waals surface area contributed by atoms with Crippen molar-refractivity contribution in [2.75, 3.05) is 49.5 Å². The fourth-order valence-electron chi connectivity index (χ4n) is 5.34. The summed E-state index contributed by atoms with van der Waals surface area (Å²) in [6.45, 7) is 4.29. The molecule has 5 rings (SSSR count). The zero-order valence-electron chi connectivity index (χ0n) is 19.7. The number of anilines is 2. The summed E-state index contributed by atoms with van der Waals surface area (Å²) in [5, 5.41) is 12.6. The smallest absolute Gasteiger partial charge is 0.319 e. The van der Waals surface area contributed by atoms with Gasteiger partial charge in [-0.25, -0.2) is 4.79 Å². The number of hydrogen-bond donors (Lipinski definition) is 3. The standard InChI is InChI=1S/C25H32N6O3S/c32-23(30-11-9-29(10-12-30)20-4-2-1-3-5-20)7-6-21-15-26-24(33)22-14-19(16-31(21)22)28-25(34)27-18-8-13-35-17-18/h1-5,8,13,17,19,21-22H,6-7,9-12,14-16H2,(H,26,33)(H2,27,28,34). The predicted molar refractivity (Wildman–Crippen MR) is 137 cm³/mol. The molecule has 9 nitrogen and oxygen atoms in total. The minimum atomic E-state index is -0.260. The van der Waals surface area contributed by atoms with Crippen LogP contribution in [0.15, 0.2) is 47.2 Å². The summed E-state index contributed by atoms with van der Waals surface area (Å²) in [6, 6.07) is 11.6. The maximum absolute atomic E-state index is 12.9. The maximum Gasteiger partial charge on any atom is 0.319 e. The van der Waals surface area contributed by atoms with Crippen molar-refractivity contribution >= 4 is 40.6 Å². The van der Waals surface area contributed by atoms with Crippen LogP contribution in [-0.2, 0) is 9.59 Å². The number of urea groups is 1. The van der Waals surface area contributed by atoms with Gasteiger partial charge in [-0.3, -0.25) is 14.5 Å². The monoisotopic (exact) mass is 496 g/mol. The van der Waals surface area contributed by atoms with Gasteiger partial charge in [-0.05, 0) is 36.4 Å². The highest BCUT2D eigenvalue weighted by molar-refractivity contribution is 7.08. The zero-order chi connectivity index (χ0) is 24.2. The van der Waals surface area contributed by atoms with E-state index >= 15 is 0 Å². The molecule has 2 aromatic rings. The van der Waals surface area contributed by atoms with E-state index in [-0.39, 0.29) is 36.0 Å². The molecule has 1 aromatic heterocycles. The van der Waals surface area contributed by atoms with Gasteiger partial charge in [0.15, 0.2) is 0 Å². The van der Waals surface area contributed by atoms with Crippen LogP contribution < -0.4 is 20.9 Å². The van der Waals surface area contributed by atoms with E-state index in [1.165, 1.54) is 17.0 Å². The van der Waals surface area contributed by atoms with E-state index in [2.05, 4.69) is 37.9 Å². The quantitative estimate of drug-likeness (QED) is 0.568. The summed E-state index contributed by atoms with van der Waals surface area (Å²) in [5.41, 5.74) is 1.96. The van der Waals surface area contributed by atoms with E-state index in [9.17, 15) is 14.4 Å². The summed E-state index contributed by atoms with van der Waals surface area (Å²) in [4.78, 5) is 44.2. The number of amides is 4. The number of para-hydroxylation sites is 1. The van der Waals surface area contributed by atoms with Crippen LogP contribution in [0.4, 0.5) is 16.2 Å². The average Bonchev–Trinajstić information content (AvgIpc) is 3.54. The van der Waals surface area contributed by atoms with Crippen LogP contribution in [-0.4, -0.2) is 85.0 Å². The zero-order valence-corrected chi connectivity index (χ0v) is 20.5. The Balaban J connectivity index is 1.10. The molecule has 3 fully saturated rings. The summed E-state index contributed by atoms with van der Waals surface area (Å²) in [6.07, 6.45) is 1.74. The first-order valence-corrected chi connectivity index (χ1v) is 13.2. The van der Waals surface area contributed by atoms with Crippen LogP contribution in [0, 0.1) is 0 Å². The first kappa shape index (κ1) is 23.6. The molecule has 3 N–H and O–H groups in total. The first-order chi connectivity index (χ1) is 17.1. The molecular weight excluding hydrogens is 464 g/mol. The van der Waals surface area contributed by atoms with Gasteiger partial charge in [0.05, 0.1) is 11.7 Å². The van der Waals surface area contributed by atoms with Gasteiger partial charge < -0.3 is 25.8 Å². The molecule has 0 aliphatic carbocycles. The lowest BCUT2D eigenvalue weighted by molar-refractivity contribution is -0.132. The number of benzene rings is 1. The summed E-state index contributed by atoms with van der Waals surface area (Å²) < 4.78 is 0. The maximum atomic E-state index is 12.9. The van der Waals surface area contributed by atoms with Crippen molar-refractivity contribution in [3.8, 4) is 0 Å². The van der Waals surface area contributed by atoms with Crippen LogP contribution in [0.1, 0.15) is 19.3 Å². The SMILES string of the molecule is O=C(Nc1ccsc1)NC1CC2C(=O)NCC(CCC(=O)N3CCN(c4ccccc4)CC3)N2C1. The number of nitrogens with one attached hydrogen (secondary N) is 3. The van der Waals surface area contributed by atoms with Crippen molar-refractivity contribution in [3.63, 3.8) is 0 Å². The number of piperazine rings is 2. The second-order valence-corrected chi connectivity index (χ2v) is 10.2. The molecule has 0 spiro atoms. The molecule has 4 amide bonds. The Morgan fingerprint density at radius 1 is 1.09 bits per heavy atom. The van der Waals surface area contributed by atoms with Crippen molar-refractivity contribution in [1.29, 1.82) is 0 Å². The number of thiophene rings is 1. The Bertz CT molecular complexity index is 1030. The minimum absolute atomic E-state index is 0.00662. The second kappa shape index (κ2) is 10.7. The molecule has 186 valence electrons. The molecule has 3 aliphatic heterocycles. The molecule has 3 unspecified atom stereocenters. The number of carbonyl (C=O) groups excluding carboxylic acids is 3. The van der Waals surface area contributed by atoms with Gasteiger partial charge in [0.2, 0.25) is 11.8 Å². The Morgan fingerprint density at radius 2 is 1.89 bits per heavy atom. The van der Waals surface area contributed by atoms with Crippen LogP contribution in [0.25, 0.3) is 0 Å². The summed E-state index contributed by atoms with van der Waals surface area (Å²) in [7, 11) is 0. The summed E-state index contributed by atoms with van der Waals surface area (Å²) in [5.74, 6) is 0.183. The third-order valence-corrected chi connectivity index (χ3v) is 7.87. The number of carbonyl (C=O) groups is 3. The number of fused-ring (bicyclic) bond motifs is 1. The van der Waals surface area contributed by atoms with Crippen LogP contribution >= 0.6 is 11.3 Å². The molecular formula is C25H32N6O3S. The molecule has 0 bridgehead atoms. The van der Waals surface area contributed by atoms with Gasteiger partial charge in [0.1, 0.15) is 0 Å². The molecule has 3 saturated heterocycles. The van der Waals surface area contributed by atoms with Crippen molar-refractivity contribution < 1.29 is 14.4 Å². The highest BCUT2D eigenvalue weighted by Gasteiger charge is 2.44. The average molecular weight is 497 g/mol. The van der Waals surface area contributed by atoms with E-state index < -0.39 is 0 Å². The van der Waals surface area contributed by atoms with E-state index in [1.807, 2.05) is 39.9 Å². The molecule has 35 heavy (non-hydrogen) atoms. The predicted octanol–water partition coefficient (Wildman–Crippen LogP) is 1.94. The van der Waals surface area contributed by atoms with Crippen LogP contribution in [0.3, 0.4) is 0 Å². The lowest BCUT2D eigenvalue weighted by atomic mass is 10.0. The summed E-state index contributed by atoms with van der Waals surface area (Å²) >= 11 is 1.52. The normalized spacial score (nSPS) is 24.6. The highest BCUT2D eigenvalue weighted by Crippen LogP contribution is 2.26. The van der Waals surface area contributed by atoms with Gasteiger partial charge in [-0.2, -0.15) is 11.3 Å². The Morgan fingerprint density at radius 3 is 2.63 bits per heavy atom. The highest BCUT2D eigenvalue weighted by atomic mass is 32.1. The van der Waals surface area contributed by atoms with Crippen LogP contribution in [0.5, 0.6) is 0 Å². The number of nitrogens with zero attached hydrogens (tertiary/aromatic N) is 3. The fourth-order valence-corrected chi connectivity index (χ4v) is 5.93. The van der Waals surface area contributed by atoms with Crippen molar-refractivity contribution in [2.24, 2.45) is 0 Å². The van der Waals surface area contributed by atoms with Gasteiger partial charge in [0.25, 0.3) is 0 Å². The minimum Gasteiger partial charge on any atom is -0.368 e. The Labute approximate surface area is 209 Å². The third kappa shape index (κ3) is 5.59. The molecule has 4 heterocycles. The Hall–Kier alpha value is -3.11. The van der Waals surface area contributed by atoms with E-state index in [1.54, 1.807) is 0 Å². The molecule has 0 saturated carbocycles. The lowest BCUT2D eigenvalue weighted by Crippen LogP contribution is -2.58. The van der Waals surface area contributed by atoms with Gasteiger partial charge in [0, 0.05) is 68.8 Å². The van der Waals surface area contributed by atoms with Gasteiger partial charge in [-0.1, -0.05) is 18.2 Å². The Kier molecular flexibility index (Phi) is 7.19. The van der Waals surface area contributed by atoms with Crippen LogP contribution in [0.2, 0.25) is 0 Å². The molecule has 0 radical (unpaired) electrons. The van der Waals surface area contributed by atoms with Crippen molar-refractivity contribution in [1.82, 2.24) is 20.4 Å². The molecule has 3 atom stereocenters. The lowest BCUT2D eigenvalue weighted by Gasteiger charge is -2.38. The van der Waals surface area contributed by atoms with Gasteiger partial charge >= 0.3 is 6.03 Å². The van der Waals surface area contributed by atoms with E-state index in [0.29, 0.717) is 32.4 Å². The molecule has 3 aliphatic rings. The number of rotatable bonds is 6. The van der Waals surface area contributed by atoms with E-state index in [0.717, 1.165) is 31.9 Å². The third-order valence-electron chi connectivity index (χ3n) is 7.18. The topological polar surface area (TPSA) is 97.0 Å². The first-order valence-electron chi connectivity index (χ1n) is 12.3. The van der Waals surface area contributed by atoms with Crippen molar-refractivity contribution in [2.45, 2.75) is 37.4 Å². The molecule has 1 aromatic carbocycles. The largest absolute Gasteiger partial charge is 0.368 e. The fraction of sp³-hybridized carbons (Fsp3) is 0.480. The molecule has 10 heteroatoms. The number of hydrogen-bond acceptors (Lipinski definition) is 6. The van der Waals surface area contributed by atoms with E-state index in [4.69, 9.17) is 0 Å². The second-order valence-electron chi connectivity index (χ2n) is 9.40.